The van der Waals surface area contributed by atoms with Crippen LogP contribution in [0.2, 0.25) is 0 Å². The topological polar surface area (TPSA) is 9.23 Å². The van der Waals surface area contributed by atoms with Crippen LogP contribution in [-0.4, -0.2) is 12.9 Å². The minimum atomic E-state index is 0.838. The van der Waals surface area contributed by atoms with Crippen molar-refractivity contribution in [2.24, 2.45) is 0 Å². The van der Waals surface area contributed by atoms with Gasteiger partial charge in [0.25, 0.3) is 0 Å². The van der Waals surface area contributed by atoms with Gasteiger partial charge >= 0.3 is 0 Å². The molecule has 2 heteroatoms. The molecule has 78 valence electrons. The van der Waals surface area contributed by atoms with Crippen LogP contribution >= 0.6 is 12.6 Å². The van der Waals surface area contributed by atoms with E-state index < -0.39 is 0 Å². The van der Waals surface area contributed by atoms with Gasteiger partial charge in [0.1, 0.15) is 5.75 Å². The smallest absolute Gasteiger partial charge is 0.122 e. The van der Waals surface area contributed by atoms with Crippen LogP contribution in [0.15, 0.2) is 36.4 Å². The van der Waals surface area contributed by atoms with Crippen LogP contribution in [0.3, 0.4) is 0 Å². The Morgan fingerprint density at radius 1 is 1.13 bits per heavy atom. The molecular weight excluding hydrogens is 204 g/mol. The molecule has 0 saturated heterocycles. The molecule has 0 atom stereocenters. The lowest BCUT2D eigenvalue weighted by Crippen LogP contribution is -1.94. The molecule has 0 aliphatic heterocycles. The Bertz CT molecular complexity index is 465. The van der Waals surface area contributed by atoms with Crippen molar-refractivity contribution in [2.75, 3.05) is 12.9 Å². The molecule has 0 aliphatic carbocycles. The summed E-state index contributed by atoms with van der Waals surface area (Å²) in [6.07, 6.45) is 0.938. The quantitative estimate of drug-likeness (QED) is 0.777. The predicted octanol–water partition coefficient (Wildman–Crippen LogP) is 3.32. The molecule has 0 fully saturated rings. The first-order valence-corrected chi connectivity index (χ1v) is 5.65. The summed E-state index contributed by atoms with van der Waals surface area (Å²) in [5.41, 5.74) is 1.26. The van der Waals surface area contributed by atoms with Gasteiger partial charge in [-0.15, -0.1) is 0 Å². The molecule has 0 bridgehead atoms. The van der Waals surface area contributed by atoms with Gasteiger partial charge in [-0.05, 0) is 29.0 Å². The number of thiol groups is 1. The van der Waals surface area contributed by atoms with E-state index in [4.69, 9.17) is 4.74 Å². The van der Waals surface area contributed by atoms with Crippen molar-refractivity contribution in [3.8, 4) is 5.75 Å². The third kappa shape index (κ3) is 1.95. The van der Waals surface area contributed by atoms with Crippen LogP contribution < -0.4 is 4.74 Å². The monoisotopic (exact) mass is 218 g/mol. The van der Waals surface area contributed by atoms with Gasteiger partial charge in [-0.2, -0.15) is 12.6 Å². The van der Waals surface area contributed by atoms with Crippen LogP contribution in [0, 0.1) is 0 Å². The van der Waals surface area contributed by atoms with Crippen molar-refractivity contribution >= 4 is 23.4 Å². The zero-order valence-electron chi connectivity index (χ0n) is 8.73. The molecule has 2 aromatic carbocycles. The first-order valence-electron chi connectivity index (χ1n) is 5.02. The number of hydrogen-bond donors (Lipinski definition) is 1. The van der Waals surface area contributed by atoms with E-state index in [0.717, 1.165) is 17.9 Å². The summed E-state index contributed by atoms with van der Waals surface area (Å²) in [5, 5.41) is 2.53. The van der Waals surface area contributed by atoms with Gasteiger partial charge in [0.2, 0.25) is 0 Å². The highest BCUT2D eigenvalue weighted by molar-refractivity contribution is 7.80. The first kappa shape index (κ1) is 10.4. The zero-order valence-corrected chi connectivity index (χ0v) is 9.63. The normalized spacial score (nSPS) is 10.5. The Morgan fingerprint density at radius 3 is 2.67 bits per heavy atom. The van der Waals surface area contributed by atoms with Gasteiger partial charge < -0.3 is 4.74 Å². The zero-order chi connectivity index (χ0) is 10.7. The summed E-state index contributed by atoms with van der Waals surface area (Å²) < 4.78 is 5.37. The van der Waals surface area contributed by atoms with Crippen molar-refractivity contribution in [1.82, 2.24) is 0 Å². The van der Waals surface area contributed by atoms with Crippen molar-refractivity contribution in [3.63, 3.8) is 0 Å². The Hall–Kier alpha value is -1.15. The summed E-state index contributed by atoms with van der Waals surface area (Å²) in [6.45, 7) is 0. The van der Waals surface area contributed by atoms with Crippen LogP contribution in [0.25, 0.3) is 10.8 Å². The lowest BCUT2D eigenvalue weighted by Gasteiger charge is -2.10. The van der Waals surface area contributed by atoms with Crippen molar-refractivity contribution in [2.45, 2.75) is 6.42 Å². The van der Waals surface area contributed by atoms with Crippen LogP contribution in [0.4, 0.5) is 0 Å². The number of benzene rings is 2. The summed E-state index contributed by atoms with van der Waals surface area (Å²) in [6, 6.07) is 12.5. The molecule has 0 N–H and O–H groups in total. The largest absolute Gasteiger partial charge is 0.496 e. The van der Waals surface area contributed by atoms with E-state index >= 15 is 0 Å². The number of ether oxygens (including phenoxy) is 1. The fourth-order valence-corrected chi connectivity index (χ4v) is 2.10. The fourth-order valence-electron chi connectivity index (χ4n) is 1.88. The molecule has 0 amide bonds. The second-order valence-corrected chi connectivity index (χ2v) is 3.89. The Kier molecular flexibility index (Phi) is 3.17. The van der Waals surface area contributed by atoms with E-state index in [1.165, 1.54) is 16.3 Å². The molecule has 0 saturated carbocycles. The average Bonchev–Trinajstić information content (AvgIpc) is 2.30. The molecule has 2 rings (SSSR count). The lowest BCUT2D eigenvalue weighted by molar-refractivity contribution is 0.411. The van der Waals surface area contributed by atoms with E-state index in [1.54, 1.807) is 7.11 Å². The number of fused-ring (bicyclic) bond motifs is 1. The molecule has 0 unspecified atom stereocenters. The predicted molar refractivity (Wildman–Crippen MR) is 68.1 cm³/mol. The SMILES string of the molecule is COc1ccc2ccccc2c1CCS. The number of methoxy groups -OCH3 is 1. The second-order valence-electron chi connectivity index (χ2n) is 3.44. The maximum Gasteiger partial charge on any atom is 0.122 e. The number of aryl methyl sites for hydroxylation is 1. The highest BCUT2D eigenvalue weighted by Gasteiger charge is 2.06. The maximum absolute atomic E-state index is 5.37. The maximum atomic E-state index is 5.37. The molecule has 15 heavy (non-hydrogen) atoms. The van der Waals surface area contributed by atoms with E-state index in [0.29, 0.717) is 0 Å². The summed E-state index contributed by atoms with van der Waals surface area (Å²) in [4.78, 5) is 0. The fraction of sp³-hybridized carbons (Fsp3) is 0.231. The standard InChI is InChI=1S/C13H14OS/c1-14-13-7-6-10-4-2-3-5-11(10)12(13)8-9-15/h2-7,15H,8-9H2,1H3. The molecule has 1 nitrogen and oxygen atoms in total. The van der Waals surface area contributed by atoms with Crippen LogP contribution in [0.5, 0.6) is 5.75 Å². The second kappa shape index (κ2) is 4.58. The molecule has 0 aromatic heterocycles. The molecule has 2 aromatic rings. The van der Waals surface area contributed by atoms with Gasteiger partial charge in [-0.3, -0.25) is 0 Å². The van der Waals surface area contributed by atoms with Gasteiger partial charge in [0, 0.05) is 5.56 Å². The molecule has 0 heterocycles. The van der Waals surface area contributed by atoms with Gasteiger partial charge in [0.05, 0.1) is 7.11 Å². The highest BCUT2D eigenvalue weighted by atomic mass is 32.1. The molecule has 0 aliphatic rings. The van der Waals surface area contributed by atoms with Crippen molar-refractivity contribution in [1.29, 1.82) is 0 Å². The molecule has 0 spiro atoms. The third-order valence-electron chi connectivity index (χ3n) is 2.58. The molecular formula is C13H14OS. The van der Waals surface area contributed by atoms with Gasteiger partial charge in [0.15, 0.2) is 0 Å². The van der Waals surface area contributed by atoms with E-state index in [9.17, 15) is 0 Å². The Balaban J connectivity index is 2.67. The summed E-state index contributed by atoms with van der Waals surface area (Å²) in [5.74, 6) is 1.80. The van der Waals surface area contributed by atoms with E-state index in [-0.39, 0.29) is 0 Å². The third-order valence-corrected chi connectivity index (χ3v) is 2.80. The lowest BCUT2D eigenvalue weighted by atomic mass is 10.0. The first-order chi connectivity index (χ1) is 7.36. The average molecular weight is 218 g/mol. The summed E-state index contributed by atoms with van der Waals surface area (Å²) >= 11 is 4.29. The van der Waals surface area contributed by atoms with Gasteiger partial charge in [-0.1, -0.05) is 30.3 Å². The minimum Gasteiger partial charge on any atom is -0.496 e. The highest BCUT2D eigenvalue weighted by Crippen LogP contribution is 2.28. The van der Waals surface area contributed by atoms with Crippen molar-refractivity contribution in [3.05, 3.63) is 42.0 Å². The van der Waals surface area contributed by atoms with E-state index in [1.807, 2.05) is 6.07 Å². The molecule has 0 radical (unpaired) electrons. The van der Waals surface area contributed by atoms with E-state index in [2.05, 4.69) is 43.0 Å². The number of rotatable bonds is 3. The van der Waals surface area contributed by atoms with Crippen LogP contribution in [0.1, 0.15) is 5.56 Å². The van der Waals surface area contributed by atoms with Crippen molar-refractivity contribution < 1.29 is 4.74 Å². The number of hydrogen-bond acceptors (Lipinski definition) is 2. The van der Waals surface area contributed by atoms with Gasteiger partial charge in [-0.25, -0.2) is 0 Å². The Labute approximate surface area is 95.5 Å². The van der Waals surface area contributed by atoms with Crippen LogP contribution in [-0.2, 0) is 6.42 Å². The minimum absolute atomic E-state index is 0.838. The summed E-state index contributed by atoms with van der Waals surface area (Å²) in [7, 11) is 1.71. The Morgan fingerprint density at radius 2 is 1.93 bits per heavy atom.